The van der Waals surface area contributed by atoms with Gasteiger partial charge in [0.25, 0.3) is 5.97 Å². The van der Waals surface area contributed by atoms with E-state index in [0.717, 1.165) is 12.6 Å². The molecule has 3 heteroatoms. The molecule has 0 bridgehead atoms. The monoisotopic (exact) mass is 165 g/mol. The lowest BCUT2D eigenvalue weighted by Crippen LogP contribution is -1.78. The number of carboxylic acid groups (broad SMARTS) is 1. The number of hydrogen-bond donors (Lipinski definition) is 1. The Labute approximate surface area is 71.4 Å². The lowest BCUT2D eigenvalue weighted by atomic mass is 10.4. The van der Waals surface area contributed by atoms with Gasteiger partial charge in [0.1, 0.15) is 0 Å². The number of pyridine rings is 1. The van der Waals surface area contributed by atoms with E-state index in [2.05, 4.69) is 11.6 Å². The predicted octanol–water partition coefficient (Wildman–Crippen LogP) is 1.82. The minimum Gasteiger partial charge on any atom is -0.481 e. The fourth-order valence-corrected chi connectivity index (χ4v) is 0.497. The molecule has 0 aromatic carbocycles. The number of aliphatic carboxylic acids is 1. The Balaban J connectivity index is 0.000000261. The summed E-state index contributed by atoms with van der Waals surface area (Å²) in [5, 5.41) is 7.42. The number of aromatic nitrogens is 1. The van der Waals surface area contributed by atoms with Crippen molar-refractivity contribution < 1.29 is 9.90 Å². The summed E-state index contributed by atoms with van der Waals surface area (Å²) in [5.41, 5.74) is 0.924. The van der Waals surface area contributed by atoms with Crippen molar-refractivity contribution in [2.75, 3.05) is 0 Å². The Morgan fingerprint density at radius 1 is 1.67 bits per heavy atom. The SMILES string of the molecule is C=Cc1ccccn1.CC(=O)O. The van der Waals surface area contributed by atoms with Gasteiger partial charge in [0.15, 0.2) is 0 Å². The summed E-state index contributed by atoms with van der Waals surface area (Å²) in [6, 6.07) is 5.73. The van der Waals surface area contributed by atoms with Gasteiger partial charge in [-0.15, -0.1) is 0 Å². The highest BCUT2D eigenvalue weighted by atomic mass is 16.4. The number of nitrogens with zero attached hydrogens (tertiary/aromatic N) is 1. The molecule has 0 saturated carbocycles. The molecule has 0 saturated heterocycles. The van der Waals surface area contributed by atoms with Crippen LogP contribution in [0.2, 0.25) is 0 Å². The van der Waals surface area contributed by atoms with Crippen LogP contribution in [0.3, 0.4) is 0 Å². The Morgan fingerprint density at radius 3 is 2.50 bits per heavy atom. The van der Waals surface area contributed by atoms with Crippen LogP contribution in [0, 0.1) is 0 Å². The van der Waals surface area contributed by atoms with Crippen molar-refractivity contribution in [2.24, 2.45) is 0 Å². The van der Waals surface area contributed by atoms with Gasteiger partial charge in [-0.25, -0.2) is 0 Å². The van der Waals surface area contributed by atoms with Crippen molar-refractivity contribution in [3.63, 3.8) is 0 Å². The second kappa shape index (κ2) is 6.09. The molecule has 3 nitrogen and oxygen atoms in total. The van der Waals surface area contributed by atoms with E-state index in [4.69, 9.17) is 9.90 Å². The molecule has 0 atom stereocenters. The fraction of sp³-hybridized carbons (Fsp3) is 0.111. The number of hydrogen-bond acceptors (Lipinski definition) is 2. The van der Waals surface area contributed by atoms with E-state index in [0.29, 0.717) is 0 Å². The Kier molecular flexibility index (Phi) is 5.26. The first-order valence-corrected chi connectivity index (χ1v) is 3.40. The molecule has 12 heavy (non-hydrogen) atoms. The average molecular weight is 165 g/mol. The molecule has 0 aliphatic rings. The normalized spacial score (nSPS) is 7.75. The average Bonchev–Trinajstić information content (AvgIpc) is 2.05. The highest BCUT2D eigenvalue weighted by molar-refractivity contribution is 5.62. The molecule has 0 unspecified atom stereocenters. The third kappa shape index (κ3) is 6.48. The lowest BCUT2D eigenvalue weighted by Gasteiger charge is -1.84. The minimum atomic E-state index is -0.833. The highest BCUT2D eigenvalue weighted by Gasteiger charge is 1.77. The summed E-state index contributed by atoms with van der Waals surface area (Å²) in [7, 11) is 0. The third-order valence-corrected chi connectivity index (χ3v) is 0.897. The molecular formula is C9H11NO2. The number of carboxylic acids is 1. The Morgan fingerprint density at radius 2 is 2.25 bits per heavy atom. The lowest BCUT2D eigenvalue weighted by molar-refractivity contribution is -0.134. The van der Waals surface area contributed by atoms with Gasteiger partial charge in [-0.1, -0.05) is 12.6 Å². The highest BCUT2D eigenvalue weighted by Crippen LogP contribution is 1.91. The molecule has 1 heterocycles. The number of rotatable bonds is 1. The maximum atomic E-state index is 9.00. The molecule has 1 rings (SSSR count). The largest absolute Gasteiger partial charge is 0.481 e. The molecule has 0 fully saturated rings. The van der Waals surface area contributed by atoms with Crippen molar-refractivity contribution in [3.8, 4) is 0 Å². The Hall–Kier alpha value is -1.64. The zero-order chi connectivity index (χ0) is 9.40. The van der Waals surface area contributed by atoms with Crippen molar-refractivity contribution in [1.82, 2.24) is 4.98 Å². The summed E-state index contributed by atoms with van der Waals surface area (Å²) in [6.07, 6.45) is 3.47. The van der Waals surface area contributed by atoms with Crippen LogP contribution in [-0.4, -0.2) is 16.1 Å². The van der Waals surface area contributed by atoms with Crippen molar-refractivity contribution in [3.05, 3.63) is 36.7 Å². The van der Waals surface area contributed by atoms with Crippen molar-refractivity contribution in [1.29, 1.82) is 0 Å². The predicted molar refractivity (Wildman–Crippen MR) is 47.6 cm³/mol. The van der Waals surface area contributed by atoms with E-state index in [1.54, 1.807) is 12.3 Å². The molecule has 1 aromatic rings. The van der Waals surface area contributed by atoms with Gasteiger partial charge in [0.2, 0.25) is 0 Å². The molecule has 0 aliphatic carbocycles. The molecular weight excluding hydrogens is 154 g/mol. The van der Waals surface area contributed by atoms with Crippen LogP contribution in [0.15, 0.2) is 31.0 Å². The van der Waals surface area contributed by atoms with Crippen molar-refractivity contribution >= 4 is 12.0 Å². The fourth-order valence-electron chi connectivity index (χ4n) is 0.497. The standard InChI is InChI=1S/C7H7N.C2H4O2/c1-2-7-5-3-4-6-8-7;1-2(3)4/h2-6H,1H2;1H3,(H,3,4). The van der Waals surface area contributed by atoms with E-state index in [-0.39, 0.29) is 0 Å². The van der Waals surface area contributed by atoms with E-state index in [1.807, 2.05) is 18.2 Å². The summed E-state index contributed by atoms with van der Waals surface area (Å²) in [6.45, 7) is 4.65. The first-order valence-electron chi connectivity index (χ1n) is 3.40. The first kappa shape index (κ1) is 10.4. The van der Waals surface area contributed by atoms with Crippen LogP contribution < -0.4 is 0 Å². The Bertz CT molecular complexity index is 240. The van der Waals surface area contributed by atoms with Gasteiger partial charge in [-0.05, 0) is 18.2 Å². The van der Waals surface area contributed by atoms with Crippen LogP contribution in [-0.2, 0) is 4.79 Å². The van der Waals surface area contributed by atoms with Gasteiger partial charge < -0.3 is 5.11 Å². The van der Waals surface area contributed by atoms with Gasteiger partial charge >= 0.3 is 0 Å². The van der Waals surface area contributed by atoms with Gasteiger partial charge in [-0.3, -0.25) is 9.78 Å². The van der Waals surface area contributed by atoms with Crippen LogP contribution in [0.4, 0.5) is 0 Å². The summed E-state index contributed by atoms with van der Waals surface area (Å²) in [5.74, 6) is -0.833. The van der Waals surface area contributed by atoms with E-state index >= 15 is 0 Å². The summed E-state index contributed by atoms with van der Waals surface area (Å²) >= 11 is 0. The van der Waals surface area contributed by atoms with Crippen LogP contribution in [0.5, 0.6) is 0 Å². The molecule has 0 radical (unpaired) electrons. The van der Waals surface area contributed by atoms with E-state index in [9.17, 15) is 0 Å². The smallest absolute Gasteiger partial charge is 0.300 e. The van der Waals surface area contributed by atoms with Crippen molar-refractivity contribution in [2.45, 2.75) is 6.92 Å². The van der Waals surface area contributed by atoms with E-state index in [1.165, 1.54) is 0 Å². The quantitative estimate of drug-likeness (QED) is 0.690. The molecule has 0 spiro atoms. The minimum absolute atomic E-state index is 0.833. The van der Waals surface area contributed by atoms with Gasteiger partial charge in [0.05, 0.1) is 5.69 Å². The first-order chi connectivity index (χ1) is 5.66. The van der Waals surface area contributed by atoms with Crippen LogP contribution in [0.1, 0.15) is 12.6 Å². The second-order valence-electron chi connectivity index (χ2n) is 1.98. The topological polar surface area (TPSA) is 50.2 Å². The number of carbonyl (C=O) groups is 1. The third-order valence-electron chi connectivity index (χ3n) is 0.897. The van der Waals surface area contributed by atoms with Crippen LogP contribution in [0.25, 0.3) is 6.08 Å². The molecule has 64 valence electrons. The molecule has 0 amide bonds. The van der Waals surface area contributed by atoms with Gasteiger partial charge in [0, 0.05) is 13.1 Å². The zero-order valence-electron chi connectivity index (χ0n) is 6.90. The summed E-state index contributed by atoms with van der Waals surface area (Å²) < 4.78 is 0. The molecule has 0 aliphatic heterocycles. The summed E-state index contributed by atoms with van der Waals surface area (Å²) in [4.78, 5) is 13.0. The molecule has 1 aromatic heterocycles. The van der Waals surface area contributed by atoms with Gasteiger partial charge in [-0.2, -0.15) is 0 Å². The molecule has 1 N–H and O–H groups in total. The van der Waals surface area contributed by atoms with Crippen LogP contribution >= 0.6 is 0 Å². The zero-order valence-corrected chi connectivity index (χ0v) is 6.90. The maximum absolute atomic E-state index is 9.00. The second-order valence-corrected chi connectivity index (χ2v) is 1.98. The van der Waals surface area contributed by atoms with E-state index < -0.39 is 5.97 Å². The maximum Gasteiger partial charge on any atom is 0.300 e.